The van der Waals surface area contributed by atoms with E-state index in [1.807, 2.05) is 0 Å². The molecule has 0 N–H and O–H groups in total. The fourth-order valence-electron chi connectivity index (χ4n) is 5.25. The van der Waals surface area contributed by atoms with E-state index in [-0.39, 0.29) is 0 Å². The van der Waals surface area contributed by atoms with E-state index in [9.17, 15) is 0 Å². The second-order valence-electron chi connectivity index (χ2n) is 6.49. The van der Waals surface area contributed by atoms with Gasteiger partial charge >= 0.3 is 0 Å². The highest BCUT2D eigenvalue weighted by atomic mass is 14.7. The van der Waals surface area contributed by atoms with Crippen molar-refractivity contribution >= 4 is 0 Å². The zero-order valence-corrected chi connectivity index (χ0v) is 10.4. The summed E-state index contributed by atoms with van der Waals surface area (Å²) >= 11 is 0. The van der Waals surface area contributed by atoms with Crippen molar-refractivity contribution in [1.29, 1.82) is 0 Å². The Hall–Kier alpha value is -0.520. The zero-order valence-electron chi connectivity index (χ0n) is 10.4. The lowest BCUT2D eigenvalue weighted by Crippen LogP contribution is -2.41. The lowest BCUT2D eigenvalue weighted by Gasteiger charge is -2.46. The second-order valence-corrected chi connectivity index (χ2v) is 6.49. The molecule has 1 fully saturated rings. The van der Waals surface area contributed by atoms with Gasteiger partial charge in [0, 0.05) is 10.8 Å². The monoisotopic (exact) mass is 202 g/mol. The minimum Gasteiger partial charge on any atom is -0.0842 e. The molecule has 1 saturated carbocycles. The molecule has 82 valence electrons. The van der Waals surface area contributed by atoms with Crippen LogP contribution in [0.5, 0.6) is 0 Å². The van der Waals surface area contributed by atoms with E-state index < -0.39 is 0 Å². The first-order valence-electron chi connectivity index (χ1n) is 6.36. The molecule has 15 heavy (non-hydrogen) atoms. The van der Waals surface area contributed by atoms with E-state index in [1.54, 1.807) is 5.57 Å². The molecule has 0 heteroatoms. The van der Waals surface area contributed by atoms with Gasteiger partial charge in [-0.25, -0.2) is 0 Å². The summed E-state index contributed by atoms with van der Waals surface area (Å²) in [5.74, 6) is 0.748. The summed E-state index contributed by atoms with van der Waals surface area (Å²) in [5.41, 5.74) is 3.00. The Morgan fingerprint density at radius 3 is 2.67 bits per heavy atom. The molecule has 0 aliphatic heterocycles. The summed E-state index contributed by atoms with van der Waals surface area (Å²) in [6, 6.07) is 0. The fourth-order valence-corrected chi connectivity index (χ4v) is 5.25. The minimum atomic E-state index is 0.370. The number of allylic oxidation sites excluding steroid dienone is 4. The molecular weight excluding hydrogens is 180 g/mol. The van der Waals surface area contributed by atoms with Gasteiger partial charge in [0.1, 0.15) is 0 Å². The molecule has 3 atom stereocenters. The molecule has 0 amide bonds. The summed E-state index contributed by atoms with van der Waals surface area (Å²) in [7, 11) is 0. The van der Waals surface area contributed by atoms with Crippen molar-refractivity contribution in [3.63, 3.8) is 0 Å². The van der Waals surface area contributed by atoms with Gasteiger partial charge in [0.2, 0.25) is 0 Å². The van der Waals surface area contributed by atoms with Gasteiger partial charge in [-0.1, -0.05) is 51.0 Å². The van der Waals surface area contributed by atoms with Crippen LogP contribution < -0.4 is 0 Å². The Kier molecular flexibility index (Phi) is 1.56. The molecule has 3 aliphatic carbocycles. The van der Waals surface area contributed by atoms with Crippen molar-refractivity contribution < 1.29 is 0 Å². The lowest BCUT2D eigenvalue weighted by molar-refractivity contribution is 0.0755. The van der Waals surface area contributed by atoms with Crippen molar-refractivity contribution in [3.8, 4) is 0 Å². The first-order valence-corrected chi connectivity index (χ1v) is 6.36. The maximum atomic E-state index is 2.57. The van der Waals surface area contributed by atoms with E-state index >= 15 is 0 Å². The van der Waals surface area contributed by atoms with Crippen molar-refractivity contribution in [2.75, 3.05) is 0 Å². The summed E-state index contributed by atoms with van der Waals surface area (Å²) < 4.78 is 0. The molecule has 0 bridgehead atoms. The molecule has 0 aromatic rings. The van der Waals surface area contributed by atoms with Crippen molar-refractivity contribution in [2.45, 2.75) is 47.0 Å². The van der Waals surface area contributed by atoms with Gasteiger partial charge in [-0.05, 0) is 31.1 Å². The maximum absolute atomic E-state index is 2.57. The Bertz CT molecular complexity index is 367. The van der Waals surface area contributed by atoms with E-state index in [0.29, 0.717) is 16.2 Å². The van der Waals surface area contributed by atoms with Crippen LogP contribution in [0.25, 0.3) is 0 Å². The molecule has 3 aliphatic rings. The van der Waals surface area contributed by atoms with Crippen LogP contribution >= 0.6 is 0 Å². The summed E-state index contributed by atoms with van der Waals surface area (Å²) in [4.78, 5) is 0. The van der Waals surface area contributed by atoms with Gasteiger partial charge in [0.05, 0.1) is 0 Å². The zero-order chi connectivity index (χ0) is 10.9. The van der Waals surface area contributed by atoms with Gasteiger partial charge in [-0.3, -0.25) is 0 Å². The van der Waals surface area contributed by atoms with Gasteiger partial charge in [-0.15, -0.1) is 0 Å². The molecule has 0 radical (unpaired) electrons. The summed E-state index contributed by atoms with van der Waals surface area (Å²) in [6.45, 7) is 9.67. The maximum Gasteiger partial charge on any atom is 0.00684 e. The van der Waals surface area contributed by atoms with Gasteiger partial charge in [0.25, 0.3) is 0 Å². The van der Waals surface area contributed by atoms with Gasteiger partial charge in [-0.2, -0.15) is 0 Å². The van der Waals surface area contributed by atoms with Crippen LogP contribution in [0.1, 0.15) is 47.0 Å². The van der Waals surface area contributed by atoms with E-state index in [1.165, 1.54) is 19.3 Å². The van der Waals surface area contributed by atoms with Crippen LogP contribution in [0.15, 0.2) is 23.8 Å². The van der Waals surface area contributed by atoms with Crippen LogP contribution in [-0.4, -0.2) is 0 Å². The SMILES string of the molecule is CC1=CC(C)(C)C23C=C[C@@H](C)C12CCC3. The number of hydrogen-bond donors (Lipinski definition) is 0. The smallest absolute Gasteiger partial charge is 0.00684 e. The van der Waals surface area contributed by atoms with Crippen LogP contribution in [0.3, 0.4) is 0 Å². The van der Waals surface area contributed by atoms with Crippen LogP contribution in [-0.2, 0) is 0 Å². The fraction of sp³-hybridized carbons (Fsp3) is 0.733. The lowest BCUT2D eigenvalue weighted by atomic mass is 9.57. The molecule has 3 rings (SSSR count). The average Bonchev–Trinajstić information content (AvgIpc) is 2.68. The number of rotatable bonds is 0. The van der Waals surface area contributed by atoms with Crippen LogP contribution in [0, 0.1) is 22.2 Å². The molecule has 0 saturated heterocycles. The highest BCUT2D eigenvalue weighted by molar-refractivity contribution is 5.43. The molecule has 0 nitrogen and oxygen atoms in total. The first kappa shape index (κ1) is 9.69. The number of hydrogen-bond acceptors (Lipinski definition) is 0. The first-order chi connectivity index (χ1) is 6.96. The second kappa shape index (κ2) is 2.42. The average molecular weight is 202 g/mol. The largest absolute Gasteiger partial charge is 0.0842 e. The van der Waals surface area contributed by atoms with Gasteiger partial charge < -0.3 is 0 Å². The molecule has 0 spiro atoms. The third-order valence-corrected chi connectivity index (χ3v) is 5.82. The summed E-state index contributed by atoms with van der Waals surface area (Å²) in [6.07, 6.45) is 11.8. The normalized spacial score (nSPS) is 50.4. The Morgan fingerprint density at radius 1 is 1.27 bits per heavy atom. The highest BCUT2D eigenvalue weighted by Crippen LogP contribution is 2.75. The topological polar surface area (TPSA) is 0 Å². The minimum absolute atomic E-state index is 0.370. The predicted octanol–water partition coefficient (Wildman–Crippen LogP) is 4.34. The Balaban J connectivity index is 2.26. The van der Waals surface area contributed by atoms with E-state index in [4.69, 9.17) is 0 Å². The van der Waals surface area contributed by atoms with E-state index in [2.05, 4.69) is 45.9 Å². The van der Waals surface area contributed by atoms with E-state index in [0.717, 1.165) is 5.92 Å². The van der Waals surface area contributed by atoms with Crippen molar-refractivity contribution in [2.24, 2.45) is 22.2 Å². The van der Waals surface area contributed by atoms with Crippen molar-refractivity contribution in [3.05, 3.63) is 23.8 Å². The van der Waals surface area contributed by atoms with Crippen molar-refractivity contribution in [1.82, 2.24) is 0 Å². The Morgan fingerprint density at radius 2 is 2.00 bits per heavy atom. The molecule has 2 unspecified atom stereocenters. The summed E-state index contributed by atoms with van der Waals surface area (Å²) in [5, 5.41) is 0. The molecular formula is C15H22. The van der Waals surface area contributed by atoms with Crippen LogP contribution in [0.2, 0.25) is 0 Å². The predicted molar refractivity (Wildman–Crippen MR) is 64.6 cm³/mol. The Labute approximate surface area is 93.5 Å². The standard InChI is InChI=1S/C15H22/c1-11-6-9-14-7-5-8-15(11,14)12(2)10-13(14,3)4/h6,9-11H,5,7-8H2,1-4H3/t11-,14?,15?/m1/s1. The van der Waals surface area contributed by atoms with Gasteiger partial charge in [0.15, 0.2) is 0 Å². The molecule has 0 heterocycles. The molecule has 0 aromatic carbocycles. The van der Waals surface area contributed by atoms with Crippen LogP contribution in [0.4, 0.5) is 0 Å². The highest BCUT2D eigenvalue weighted by Gasteiger charge is 2.67. The third-order valence-electron chi connectivity index (χ3n) is 5.82. The molecule has 0 aromatic heterocycles. The third kappa shape index (κ3) is 0.756. The quantitative estimate of drug-likeness (QED) is 0.513.